The minimum atomic E-state index is -0.262. The predicted molar refractivity (Wildman–Crippen MR) is 110 cm³/mol. The molecule has 1 atom stereocenters. The lowest BCUT2D eigenvalue weighted by atomic mass is 10.0. The first-order chi connectivity index (χ1) is 14.0. The first kappa shape index (κ1) is 19.0. The molecular formula is C22H22FN5O. The molecule has 4 rings (SSSR count). The van der Waals surface area contributed by atoms with E-state index in [4.69, 9.17) is 10.5 Å². The summed E-state index contributed by atoms with van der Waals surface area (Å²) in [5.41, 5.74) is 11.6. The number of rotatable bonds is 6. The van der Waals surface area contributed by atoms with E-state index in [0.29, 0.717) is 18.8 Å². The summed E-state index contributed by atoms with van der Waals surface area (Å²) in [5.74, 6) is 0.354. The molecule has 0 aliphatic carbocycles. The third-order valence-electron chi connectivity index (χ3n) is 4.90. The normalized spacial score (nSPS) is 12.3. The van der Waals surface area contributed by atoms with E-state index >= 15 is 0 Å². The number of hydrogen-bond donors (Lipinski definition) is 2. The van der Waals surface area contributed by atoms with Crippen LogP contribution in [0.25, 0.3) is 22.2 Å². The molecule has 0 saturated carbocycles. The number of benzene rings is 1. The lowest BCUT2D eigenvalue weighted by Gasteiger charge is -2.15. The summed E-state index contributed by atoms with van der Waals surface area (Å²) < 4.78 is 19.3. The Hall–Kier alpha value is -3.32. The van der Waals surface area contributed by atoms with Gasteiger partial charge < -0.3 is 10.5 Å². The van der Waals surface area contributed by atoms with Crippen LogP contribution in [-0.4, -0.2) is 32.8 Å². The van der Waals surface area contributed by atoms with E-state index in [1.165, 1.54) is 12.1 Å². The zero-order chi connectivity index (χ0) is 20.4. The van der Waals surface area contributed by atoms with Crippen molar-refractivity contribution in [3.8, 4) is 17.0 Å². The zero-order valence-electron chi connectivity index (χ0n) is 16.3. The third-order valence-corrected chi connectivity index (χ3v) is 4.90. The Bertz CT molecular complexity index is 1160. The molecule has 0 amide bonds. The zero-order valence-corrected chi connectivity index (χ0v) is 16.3. The van der Waals surface area contributed by atoms with Gasteiger partial charge in [-0.2, -0.15) is 5.10 Å². The highest BCUT2D eigenvalue weighted by molar-refractivity contribution is 5.84. The highest BCUT2D eigenvalue weighted by Gasteiger charge is 2.11. The number of nitrogens with one attached hydrogen (secondary N) is 1. The van der Waals surface area contributed by atoms with Crippen molar-refractivity contribution >= 4 is 10.9 Å². The van der Waals surface area contributed by atoms with Crippen LogP contribution in [0.3, 0.4) is 0 Å². The molecule has 3 aromatic heterocycles. The Morgan fingerprint density at radius 3 is 2.86 bits per heavy atom. The maximum atomic E-state index is 13.5. The van der Waals surface area contributed by atoms with Gasteiger partial charge in [0.05, 0.1) is 18.1 Å². The van der Waals surface area contributed by atoms with Gasteiger partial charge in [0, 0.05) is 28.9 Å². The number of hydrogen-bond acceptors (Lipinski definition) is 5. The quantitative estimate of drug-likeness (QED) is 0.523. The molecule has 0 spiro atoms. The van der Waals surface area contributed by atoms with Gasteiger partial charge in [-0.3, -0.25) is 15.1 Å². The molecule has 3 heterocycles. The van der Waals surface area contributed by atoms with Crippen molar-refractivity contribution in [1.29, 1.82) is 0 Å². The molecule has 0 fully saturated rings. The number of halogens is 1. The molecule has 148 valence electrons. The van der Waals surface area contributed by atoms with Gasteiger partial charge in [-0.1, -0.05) is 6.07 Å². The van der Waals surface area contributed by atoms with Crippen molar-refractivity contribution in [3.63, 3.8) is 0 Å². The SMILES string of the molecule is Cc1ccc(F)cc1C[C@H](N)COc1cncc(-c2cc3c(C)[nH]nc3cn2)c1. The molecule has 1 aromatic carbocycles. The van der Waals surface area contributed by atoms with Gasteiger partial charge in [0.15, 0.2) is 0 Å². The number of aryl methyl sites for hydroxylation is 2. The van der Waals surface area contributed by atoms with E-state index in [9.17, 15) is 4.39 Å². The molecule has 3 N–H and O–H groups in total. The molecule has 0 unspecified atom stereocenters. The van der Waals surface area contributed by atoms with Crippen LogP contribution in [0.2, 0.25) is 0 Å². The van der Waals surface area contributed by atoms with Gasteiger partial charge in [0.25, 0.3) is 0 Å². The molecule has 29 heavy (non-hydrogen) atoms. The van der Waals surface area contributed by atoms with Gasteiger partial charge >= 0.3 is 0 Å². The number of nitrogens with zero attached hydrogens (tertiary/aromatic N) is 3. The van der Waals surface area contributed by atoms with E-state index in [-0.39, 0.29) is 11.9 Å². The molecule has 0 radical (unpaired) electrons. The Balaban J connectivity index is 1.45. The number of H-pyrrole nitrogens is 1. The largest absolute Gasteiger partial charge is 0.490 e. The lowest BCUT2D eigenvalue weighted by Crippen LogP contribution is -2.30. The summed E-state index contributed by atoms with van der Waals surface area (Å²) in [4.78, 5) is 8.72. The number of aromatic amines is 1. The summed E-state index contributed by atoms with van der Waals surface area (Å²) in [6.45, 7) is 4.22. The maximum Gasteiger partial charge on any atom is 0.138 e. The Morgan fingerprint density at radius 1 is 1.14 bits per heavy atom. The minimum absolute atomic E-state index is 0.257. The van der Waals surface area contributed by atoms with Gasteiger partial charge in [0.1, 0.15) is 23.7 Å². The summed E-state index contributed by atoms with van der Waals surface area (Å²) in [6.07, 6.45) is 5.66. The Labute approximate surface area is 168 Å². The van der Waals surface area contributed by atoms with Crippen LogP contribution in [-0.2, 0) is 6.42 Å². The topological polar surface area (TPSA) is 89.7 Å². The third kappa shape index (κ3) is 4.25. The van der Waals surface area contributed by atoms with Crippen molar-refractivity contribution in [3.05, 3.63) is 71.6 Å². The number of ether oxygens (including phenoxy) is 1. The molecule has 4 aromatic rings. The first-order valence-corrected chi connectivity index (χ1v) is 9.39. The fourth-order valence-corrected chi connectivity index (χ4v) is 3.24. The van der Waals surface area contributed by atoms with E-state index in [0.717, 1.165) is 39.0 Å². The van der Waals surface area contributed by atoms with E-state index in [2.05, 4.69) is 20.2 Å². The molecule has 6 nitrogen and oxygen atoms in total. The molecule has 7 heteroatoms. The van der Waals surface area contributed by atoms with E-state index < -0.39 is 0 Å². The second-order valence-electron chi connectivity index (χ2n) is 7.19. The Kier molecular flexibility index (Phi) is 5.22. The fraction of sp³-hybridized carbons (Fsp3) is 0.227. The summed E-state index contributed by atoms with van der Waals surface area (Å²) in [6, 6.07) is 8.34. The monoisotopic (exact) mass is 391 g/mol. The van der Waals surface area contributed by atoms with Crippen LogP contribution < -0.4 is 10.5 Å². The lowest BCUT2D eigenvalue weighted by molar-refractivity contribution is 0.286. The van der Waals surface area contributed by atoms with Gasteiger partial charge in [-0.25, -0.2) is 4.39 Å². The minimum Gasteiger partial charge on any atom is -0.490 e. The number of fused-ring (bicyclic) bond motifs is 1. The van der Waals surface area contributed by atoms with Crippen LogP contribution in [0.1, 0.15) is 16.8 Å². The molecule has 0 bridgehead atoms. The second kappa shape index (κ2) is 7.97. The predicted octanol–water partition coefficient (Wildman–Crippen LogP) is 3.72. The van der Waals surface area contributed by atoms with Crippen molar-refractivity contribution in [2.24, 2.45) is 5.73 Å². The van der Waals surface area contributed by atoms with Crippen LogP contribution in [0.5, 0.6) is 5.75 Å². The summed E-state index contributed by atoms with van der Waals surface area (Å²) >= 11 is 0. The first-order valence-electron chi connectivity index (χ1n) is 9.39. The molecular weight excluding hydrogens is 369 g/mol. The average Bonchev–Trinajstić information content (AvgIpc) is 3.10. The van der Waals surface area contributed by atoms with Crippen LogP contribution >= 0.6 is 0 Å². The van der Waals surface area contributed by atoms with Crippen molar-refractivity contribution in [2.75, 3.05) is 6.61 Å². The van der Waals surface area contributed by atoms with Crippen LogP contribution in [0.4, 0.5) is 4.39 Å². The van der Waals surface area contributed by atoms with E-state index in [1.54, 1.807) is 24.7 Å². The van der Waals surface area contributed by atoms with Gasteiger partial charge in [0.2, 0.25) is 0 Å². The molecule has 0 saturated heterocycles. The summed E-state index contributed by atoms with van der Waals surface area (Å²) in [7, 11) is 0. The molecule has 0 aliphatic heterocycles. The number of pyridine rings is 2. The fourth-order valence-electron chi connectivity index (χ4n) is 3.24. The highest BCUT2D eigenvalue weighted by atomic mass is 19.1. The van der Waals surface area contributed by atoms with Crippen molar-refractivity contribution in [1.82, 2.24) is 20.2 Å². The molecule has 0 aliphatic rings. The van der Waals surface area contributed by atoms with Crippen LogP contribution in [0, 0.1) is 19.7 Å². The van der Waals surface area contributed by atoms with Crippen molar-refractivity contribution < 1.29 is 9.13 Å². The smallest absolute Gasteiger partial charge is 0.138 e. The second-order valence-corrected chi connectivity index (χ2v) is 7.19. The maximum absolute atomic E-state index is 13.5. The van der Waals surface area contributed by atoms with Gasteiger partial charge in [-0.05, 0) is 55.7 Å². The number of aromatic nitrogens is 4. The standard InChI is InChI=1S/C22H22FN5O/c1-13-3-4-17(23)5-15(13)6-18(24)12-29-19-7-16(9-25-10-19)21-8-20-14(2)27-28-22(20)11-26-21/h3-5,7-11,18H,6,12,24H2,1-2H3,(H,27,28)/t18-/m0/s1. The van der Waals surface area contributed by atoms with Crippen LogP contribution in [0.15, 0.2) is 48.9 Å². The van der Waals surface area contributed by atoms with Crippen molar-refractivity contribution in [2.45, 2.75) is 26.3 Å². The average molecular weight is 391 g/mol. The van der Waals surface area contributed by atoms with E-state index in [1.807, 2.05) is 26.0 Å². The highest BCUT2D eigenvalue weighted by Crippen LogP contribution is 2.25. The number of nitrogens with two attached hydrogens (primary N) is 1. The van der Waals surface area contributed by atoms with Gasteiger partial charge in [-0.15, -0.1) is 0 Å². The summed E-state index contributed by atoms with van der Waals surface area (Å²) in [5, 5.41) is 8.18. The Morgan fingerprint density at radius 2 is 2.00 bits per heavy atom.